The van der Waals surface area contributed by atoms with Crippen molar-refractivity contribution in [2.75, 3.05) is 13.7 Å². The van der Waals surface area contributed by atoms with E-state index in [1.54, 1.807) is 24.3 Å². The number of nitrogens with one attached hydrogen (secondary N) is 1. The molecule has 0 saturated carbocycles. The Morgan fingerprint density at radius 2 is 2.00 bits per heavy atom. The molecule has 0 aliphatic heterocycles. The van der Waals surface area contributed by atoms with Gasteiger partial charge in [0.2, 0.25) is 0 Å². The van der Waals surface area contributed by atoms with Gasteiger partial charge in [0.15, 0.2) is 6.61 Å². The molecule has 22 heavy (non-hydrogen) atoms. The highest BCUT2D eigenvalue weighted by Crippen LogP contribution is 2.16. The number of hydrogen-bond donors (Lipinski definition) is 1. The van der Waals surface area contributed by atoms with Gasteiger partial charge in [-0.1, -0.05) is 26.0 Å². The Bertz CT molecular complexity index is 564. The van der Waals surface area contributed by atoms with E-state index in [-0.39, 0.29) is 12.5 Å². The van der Waals surface area contributed by atoms with E-state index in [1.807, 2.05) is 19.9 Å². The maximum Gasteiger partial charge on any atom is 0.328 e. The molecule has 0 aliphatic rings. The van der Waals surface area contributed by atoms with Crippen LogP contribution in [0, 0.1) is 17.2 Å². The van der Waals surface area contributed by atoms with Crippen LogP contribution >= 0.6 is 0 Å². The summed E-state index contributed by atoms with van der Waals surface area (Å²) >= 11 is 0. The van der Waals surface area contributed by atoms with Crippen LogP contribution in [0.2, 0.25) is 0 Å². The molecule has 118 valence electrons. The molecule has 1 N–H and O–H groups in total. The molecule has 0 saturated heterocycles. The van der Waals surface area contributed by atoms with Gasteiger partial charge in [-0.15, -0.1) is 0 Å². The minimum absolute atomic E-state index is 0.227. The Kier molecular flexibility index (Phi) is 6.90. The highest BCUT2D eigenvalue weighted by atomic mass is 16.5. The van der Waals surface area contributed by atoms with Crippen molar-refractivity contribution in [3.8, 4) is 11.8 Å². The van der Waals surface area contributed by atoms with Gasteiger partial charge < -0.3 is 14.8 Å². The summed E-state index contributed by atoms with van der Waals surface area (Å²) < 4.78 is 10.00. The van der Waals surface area contributed by atoms with Crippen molar-refractivity contribution in [1.82, 2.24) is 5.32 Å². The molecule has 6 heteroatoms. The first-order valence-corrected chi connectivity index (χ1v) is 6.97. The molecule has 0 heterocycles. The molecule has 1 atom stereocenters. The van der Waals surface area contributed by atoms with E-state index in [4.69, 9.17) is 10.00 Å². The van der Waals surface area contributed by atoms with E-state index in [1.165, 1.54) is 7.11 Å². The molecule has 0 aliphatic carbocycles. The van der Waals surface area contributed by atoms with Crippen LogP contribution < -0.4 is 10.1 Å². The zero-order valence-electron chi connectivity index (χ0n) is 13.0. The highest BCUT2D eigenvalue weighted by Gasteiger charge is 2.22. The Labute approximate surface area is 130 Å². The van der Waals surface area contributed by atoms with Crippen LogP contribution in [0.25, 0.3) is 0 Å². The average molecular weight is 304 g/mol. The van der Waals surface area contributed by atoms with E-state index in [9.17, 15) is 9.59 Å². The summed E-state index contributed by atoms with van der Waals surface area (Å²) in [5, 5.41) is 11.5. The van der Waals surface area contributed by atoms with Crippen LogP contribution in [0.1, 0.15) is 25.8 Å². The van der Waals surface area contributed by atoms with E-state index in [2.05, 4.69) is 10.1 Å². The summed E-state index contributed by atoms with van der Waals surface area (Å²) in [6, 6.07) is 7.91. The molecular formula is C16H20N2O4. The third-order valence-corrected chi connectivity index (χ3v) is 2.89. The summed E-state index contributed by atoms with van der Waals surface area (Å²) in [7, 11) is 1.28. The normalized spacial score (nSPS) is 11.4. The van der Waals surface area contributed by atoms with Gasteiger partial charge >= 0.3 is 5.97 Å². The van der Waals surface area contributed by atoms with Gasteiger partial charge in [0.05, 0.1) is 12.7 Å². The number of hydrogen-bond acceptors (Lipinski definition) is 5. The first-order valence-electron chi connectivity index (χ1n) is 6.97. The number of methoxy groups -OCH3 is 1. The minimum Gasteiger partial charge on any atom is -0.482 e. The Hall–Kier alpha value is -2.55. The fourth-order valence-corrected chi connectivity index (χ4v) is 1.89. The van der Waals surface area contributed by atoms with Gasteiger partial charge in [0.25, 0.3) is 5.91 Å². The van der Waals surface area contributed by atoms with Gasteiger partial charge in [-0.05, 0) is 24.5 Å². The lowest BCUT2D eigenvalue weighted by atomic mass is 10.0. The monoisotopic (exact) mass is 304 g/mol. The van der Waals surface area contributed by atoms with Crippen molar-refractivity contribution >= 4 is 11.9 Å². The first-order chi connectivity index (χ1) is 10.5. The van der Waals surface area contributed by atoms with Gasteiger partial charge in [-0.25, -0.2) is 4.79 Å². The van der Waals surface area contributed by atoms with E-state index >= 15 is 0 Å². The van der Waals surface area contributed by atoms with Crippen LogP contribution in [-0.4, -0.2) is 31.6 Å². The maximum atomic E-state index is 11.9. The molecule has 1 amide bonds. The van der Waals surface area contributed by atoms with E-state index in [0.717, 1.165) is 0 Å². The molecule has 0 spiro atoms. The van der Waals surface area contributed by atoms with Gasteiger partial charge in [0.1, 0.15) is 17.9 Å². The number of nitriles is 1. The zero-order valence-corrected chi connectivity index (χ0v) is 13.0. The van der Waals surface area contributed by atoms with Crippen molar-refractivity contribution in [2.45, 2.75) is 26.3 Å². The van der Waals surface area contributed by atoms with Crippen LogP contribution in [0.15, 0.2) is 24.3 Å². The van der Waals surface area contributed by atoms with E-state index in [0.29, 0.717) is 17.7 Å². The smallest absolute Gasteiger partial charge is 0.328 e. The van der Waals surface area contributed by atoms with Crippen LogP contribution in [0.5, 0.6) is 5.75 Å². The Morgan fingerprint density at radius 3 is 2.59 bits per heavy atom. The quantitative estimate of drug-likeness (QED) is 0.774. The number of amides is 1. The minimum atomic E-state index is -0.702. The second-order valence-electron chi connectivity index (χ2n) is 5.17. The number of carbonyl (C=O) groups is 2. The number of ether oxygens (including phenoxy) is 2. The molecule has 1 unspecified atom stereocenters. The SMILES string of the molecule is COC(=O)C(CC(C)C)NC(=O)COc1ccccc1C#N. The Balaban J connectivity index is 2.60. The number of para-hydroxylation sites is 1. The van der Waals surface area contributed by atoms with Crippen LogP contribution in [0.3, 0.4) is 0 Å². The Morgan fingerprint density at radius 1 is 1.32 bits per heavy atom. The molecule has 1 rings (SSSR count). The highest BCUT2D eigenvalue weighted by molar-refractivity contribution is 5.85. The third-order valence-electron chi connectivity index (χ3n) is 2.89. The maximum absolute atomic E-state index is 11.9. The van der Waals surface area contributed by atoms with Crippen molar-refractivity contribution in [3.63, 3.8) is 0 Å². The molecule has 0 bridgehead atoms. The standard InChI is InChI=1S/C16H20N2O4/c1-11(2)8-13(16(20)21-3)18-15(19)10-22-14-7-5-4-6-12(14)9-17/h4-7,11,13H,8,10H2,1-3H3,(H,18,19). The second kappa shape index (κ2) is 8.67. The fraction of sp³-hybridized carbons (Fsp3) is 0.438. The lowest BCUT2D eigenvalue weighted by Gasteiger charge is -2.18. The second-order valence-corrected chi connectivity index (χ2v) is 5.17. The molecule has 0 radical (unpaired) electrons. The molecule has 0 aromatic heterocycles. The number of esters is 1. The fourth-order valence-electron chi connectivity index (χ4n) is 1.89. The topological polar surface area (TPSA) is 88.4 Å². The van der Waals surface area contributed by atoms with Gasteiger partial charge in [-0.2, -0.15) is 5.26 Å². The first kappa shape index (κ1) is 17.5. The summed E-state index contributed by atoms with van der Waals surface area (Å²) in [6.45, 7) is 3.62. The lowest BCUT2D eigenvalue weighted by molar-refractivity contribution is -0.145. The van der Waals surface area contributed by atoms with Gasteiger partial charge in [0, 0.05) is 0 Å². The summed E-state index contributed by atoms with van der Waals surface area (Å²) in [4.78, 5) is 23.5. The largest absolute Gasteiger partial charge is 0.482 e. The average Bonchev–Trinajstić information content (AvgIpc) is 2.51. The summed E-state index contributed by atoms with van der Waals surface area (Å²) in [6.07, 6.45) is 0.479. The lowest BCUT2D eigenvalue weighted by Crippen LogP contribution is -2.44. The van der Waals surface area contributed by atoms with E-state index < -0.39 is 17.9 Å². The molecule has 0 fully saturated rings. The van der Waals surface area contributed by atoms with Crippen molar-refractivity contribution < 1.29 is 19.1 Å². The number of carbonyl (C=O) groups excluding carboxylic acids is 2. The summed E-state index contributed by atoms with van der Waals surface area (Å²) in [5.74, 6) is -0.369. The number of benzene rings is 1. The van der Waals surface area contributed by atoms with Crippen LogP contribution in [0.4, 0.5) is 0 Å². The number of nitrogens with zero attached hydrogens (tertiary/aromatic N) is 1. The predicted octanol–water partition coefficient (Wildman–Crippen LogP) is 1.64. The molecule has 1 aromatic carbocycles. The zero-order chi connectivity index (χ0) is 16.5. The summed E-state index contributed by atoms with van der Waals surface area (Å²) in [5.41, 5.74) is 0.349. The molecular weight excluding hydrogens is 284 g/mol. The van der Waals surface area contributed by atoms with Crippen LogP contribution in [-0.2, 0) is 14.3 Å². The molecule has 1 aromatic rings. The van der Waals surface area contributed by atoms with Crippen molar-refractivity contribution in [1.29, 1.82) is 5.26 Å². The molecule has 6 nitrogen and oxygen atoms in total. The third kappa shape index (κ3) is 5.44. The van der Waals surface area contributed by atoms with Crippen molar-refractivity contribution in [2.24, 2.45) is 5.92 Å². The van der Waals surface area contributed by atoms with Crippen molar-refractivity contribution in [3.05, 3.63) is 29.8 Å². The number of rotatable bonds is 7. The predicted molar refractivity (Wildman–Crippen MR) is 80.1 cm³/mol. The van der Waals surface area contributed by atoms with Gasteiger partial charge in [-0.3, -0.25) is 4.79 Å².